The van der Waals surface area contributed by atoms with E-state index in [0.29, 0.717) is 28.3 Å². The van der Waals surface area contributed by atoms with Crippen LogP contribution in [0.4, 0.5) is 5.69 Å². The Morgan fingerprint density at radius 2 is 1.76 bits per heavy atom. The summed E-state index contributed by atoms with van der Waals surface area (Å²) in [5.74, 6) is -0.426. The highest BCUT2D eigenvalue weighted by atomic mass is 32.2. The van der Waals surface area contributed by atoms with Crippen LogP contribution in [-0.2, 0) is 14.8 Å². The van der Waals surface area contributed by atoms with Crippen molar-refractivity contribution in [1.29, 1.82) is 0 Å². The maximum absolute atomic E-state index is 12.6. The first-order valence-corrected chi connectivity index (χ1v) is 8.82. The van der Waals surface area contributed by atoms with Crippen molar-refractivity contribution in [3.8, 4) is 11.5 Å². The zero-order valence-corrected chi connectivity index (χ0v) is 14.8. The Hall–Kier alpha value is -2.74. The quantitative estimate of drug-likeness (QED) is 0.793. The van der Waals surface area contributed by atoms with Crippen LogP contribution in [-0.4, -0.2) is 28.1 Å². The van der Waals surface area contributed by atoms with E-state index in [-0.39, 0.29) is 4.90 Å². The summed E-state index contributed by atoms with van der Waals surface area (Å²) in [5, 5.41) is 10.4. The van der Waals surface area contributed by atoms with Gasteiger partial charge in [0.05, 0.1) is 18.0 Å². The number of anilines is 1. The van der Waals surface area contributed by atoms with Gasteiger partial charge < -0.3 is 19.4 Å². The SMILES string of the molecule is COc1cc(C)c(S(=O)(=O)Nc2ccc(OCC(=O)[O-])cc2)cc1C. The predicted octanol–water partition coefficient (Wildman–Crippen LogP) is 1.24. The smallest absolute Gasteiger partial charge is 0.262 e. The molecule has 0 fully saturated rings. The van der Waals surface area contributed by atoms with Crippen LogP contribution in [0.3, 0.4) is 0 Å². The van der Waals surface area contributed by atoms with Gasteiger partial charge in [-0.25, -0.2) is 8.42 Å². The second kappa shape index (κ2) is 7.43. The number of ether oxygens (including phenoxy) is 2. The maximum atomic E-state index is 12.6. The first kappa shape index (κ1) is 18.6. The van der Waals surface area contributed by atoms with Gasteiger partial charge >= 0.3 is 0 Å². The Bertz CT molecular complexity index is 875. The fourth-order valence-corrected chi connectivity index (χ4v) is 3.62. The minimum atomic E-state index is -3.78. The average Bonchev–Trinajstić information content (AvgIpc) is 2.55. The summed E-state index contributed by atoms with van der Waals surface area (Å²) in [5.41, 5.74) is 1.59. The highest BCUT2D eigenvalue weighted by molar-refractivity contribution is 7.92. The molecule has 2 aromatic rings. The fraction of sp³-hybridized carbons (Fsp3) is 0.235. The van der Waals surface area contributed by atoms with Crippen molar-refractivity contribution in [3.05, 3.63) is 47.5 Å². The summed E-state index contributed by atoms with van der Waals surface area (Å²) in [7, 11) is -2.25. The Kier molecular flexibility index (Phi) is 5.53. The third kappa shape index (κ3) is 4.63. The number of nitrogens with one attached hydrogen (secondary N) is 1. The van der Waals surface area contributed by atoms with Crippen LogP contribution in [0.15, 0.2) is 41.3 Å². The van der Waals surface area contributed by atoms with Crippen LogP contribution < -0.4 is 19.3 Å². The second-order valence-electron chi connectivity index (χ2n) is 5.38. The number of aryl methyl sites for hydroxylation is 2. The molecule has 0 saturated heterocycles. The Labute approximate surface area is 146 Å². The lowest BCUT2D eigenvalue weighted by Gasteiger charge is -2.14. The molecule has 0 aliphatic carbocycles. The van der Waals surface area contributed by atoms with E-state index in [0.717, 1.165) is 0 Å². The minimum Gasteiger partial charge on any atom is -0.546 e. The van der Waals surface area contributed by atoms with Crippen LogP contribution in [0, 0.1) is 13.8 Å². The largest absolute Gasteiger partial charge is 0.546 e. The van der Waals surface area contributed by atoms with Gasteiger partial charge in [0.2, 0.25) is 0 Å². The third-order valence-corrected chi connectivity index (χ3v) is 4.97. The summed E-state index contributed by atoms with van der Waals surface area (Å²) in [6.45, 7) is 2.88. The first-order chi connectivity index (χ1) is 11.7. The number of rotatable bonds is 7. The minimum absolute atomic E-state index is 0.156. The van der Waals surface area contributed by atoms with Gasteiger partial charge in [-0.05, 0) is 61.4 Å². The monoisotopic (exact) mass is 364 g/mol. The molecule has 0 spiro atoms. The molecule has 2 aromatic carbocycles. The molecule has 0 unspecified atom stereocenters. The number of aliphatic carboxylic acids is 1. The molecule has 2 rings (SSSR count). The molecule has 8 heteroatoms. The van der Waals surface area contributed by atoms with E-state index >= 15 is 0 Å². The van der Waals surface area contributed by atoms with Gasteiger partial charge in [0, 0.05) is 5.69 Å². The van der Waals surface area contributed by atoms with Crippen molar-refractivity contribution in [1.82, 2.24) is 0 Å². The molecule has 0 aliphatic rings. The summed E-state index contributed by atoms with van der Waals surface area (Å²) < 4.78 is 37.8. The van der Waals surface area contributed by atoms with E-state index in [1.807, 2.05) is 0 Å². The number of hydrogen-bond donors (Lipinski definition) is 1. The Balaban J connectivity index is 2.21. The van der Waals surface area contributed by atoms with Crippen LogP contribution in [0.2, 0.25) is 0 Å². The maximum Gasteiger partial charge on any atom is 0.262 e. The van der Waals surface area contributed by atoms with Crippen LogP contribution in [0.5, 0.6) is 11.5 Å². The van der Waals surface area contributed by atoms with Crippen molar-refractivity contribution >= 4 is 21.7 Å². The normalized spacial score (nSPS) is 11.0. The summed E-state index contributed by atoms with van der Waals surface area (Å²) in [4.78, 5) is 10.5. The topological polar surface area (TPSA) is 105 Å². The number of benzene rings is 2. The van der Waals surface area contributed by atoms with E-state index in [9.17, 15) is 18.3 Å². The van der Waals surface area contributed by atoms with Crippen molar-refractivity contribution in [3.63, 3.8) is 0 Å². The first-order valence-electron chi connectivity index (χ1n) is 7.33. The molecule has 0 aromatic heterocycles. The molecule has 0 heterocycles. The van der Waals surface area contributed by atoms with Gasteiger partial charge in [-0.1, -0.05) is 0 Å². The van der Waals surface area contributed by atoms with E-state index in [4.69, 9.17) is 9.47 Å². The van der Waals surface area contributed by atoms with E-state index < -0.39 is 22.6 Å². The van der Waals surface area contributed by atoms with Gasteiger partial charge in [-0.2, -0.15) is 0 Å². The van der Waals surface area contributed by atoms with Crippen molar-refractivity contribution in [2.45, 2.75) is 18.7 Å². The van der Waals surface area contributed by atoms with Gasteiger partial charge in [-0.3, -0.25) is 4.72 Å². The van der Waals surface area contributed by atoms with Crippen molar-refractivity contribution in [2.24, 2.45) is 0 Å². The molecular formula is C17H18NO6S-. The molecule has 0 saturated carbocycles. The third-order valence-electron chi connectivity index (χ3n) is 3.45. The van der Waals surface area contributed by atoms with Crippen molar-refractivity contribution in [2.75, 3.05) is 18.4 Å². The van der Waals surface area contributed by atoms with Crippen LogP contribution in [0.25, 0.3) is 0 Å². The highest BCUT2D eigenvalue weighted by Gasteiger charge is 2.19. The number of methoxy groups -OCH3 is 1. The number of carbonyl (C=O) groups excluding carboxylic acids is 1. The van der Waals surface area contributed by atoms with Gasteiger partial charge in [0.15, 0.2) is 0 Å². The molecule has 0 bridgehead atoms. The van der Waals surface area contributed by atoms with Crippen LogP contribution in [0.1, 0.15) is 11.1 Å². The summed E-state index contributed by atoms with van der Waals surface area (Å²) >= 11 is 0. The fourth-order valence-electron chi connectivity index (χ4n) is 2.24. The van der Waals surface area contributed by atoms with E-state index in [1.54, 1.807) is 26.0 Å². The molecule has 7 nitrogen and oxygen atoms in total. The standard InChI is InChI=1S/C17H19NO6S/c1-11-9-16(12(2)8-15(11)23-3)25(21,22)18-13-4-6-14(7-5-13)24-10-17(19)20/h4-9,18H,10H2,1-3H3,(H,19,20)/p-1. The lowest BCUT2D eigenvalue weighted by atomic mass is 10.1. The lowest BCUT2D eigenvalue weighted by molar-refractivity contribution is -0.307. The molecule has 0 amide bonds. The molecule has 134 valence electrons. The summed E-state index contributed by atoms with van der Waals surface area (Å²) in [6, 6.07) is 9.11. The van der Waals surface area contributed by atoms with Crippen LogP contribution >= 0.6 is 0 Å². The zero-order valence-electron chi connectivity index (χ0n) is 14.0. The summed E-state index contributed by atoms with van der Waals surface area (Å²) in [6.07, 6.45) is 0. The highest BCUT2D eigenvalue weighted by Crippen LogP contribution is 2.27. The van der Waals surface area contributed by atoms with Gasteiger partial charge in [0.25, 0.3) is 10.0 Å². The molecule has 0 radical (unpaired) electrons. The number of carboxylic acids is 1. The molecule has 25 heavy (non-hydrogen) atoms. The number of carbonyl (C=O) groups is 1. The zero-order chi connectivity index (χ0) is 18.6. The van der Waals surface area contributed by atoms with Gasteiger partial charge in [0.1, 0.15) is 18.1 Å². The average molecular weight is 364 g/mol. The number of hydrogen-bond acceptors (Lipinski definition) is 6. The van der Waals surface area contributed by atoms with E-state index in [1.165, 1.54) is 31.4 Å². The second-order valence-corrected chi connectivity index (χ2v) is 7.03. The lowest BCUT2D eigenvalue weighted by Crippen LogP contribution is -2.28. The van der Waals surface area contributed by atoms with Crippen molar-refractivity contribution < 1.29 is 27.8 Å². The predicted molar refractivity (Wildman–Crippen MR) is 90.2 cm³/mol. The van der Waals surface area contributed by atoms with Gasteiger partial charge in [-0.15, -0.1) is 0 Å². The number of sulfonamides is 1. The molecular weight excluding hydrogens is 346 g/mol. The van der Waals surface area contributed by atoms with E-state index in [2.05, 4.69) is 4.72 Å². The molecule has 1 N–H and O–H groups in total. The Morgan fingerprint density at radius 1 is 1.12 bits per heavy atom. The molecule has 0 atom stereocenters. The number of carboxylic acid groups (broad SMARTS) is 1. The Morgan fingerprint density at radius 3 is 2.32 bits per heavy atom. The molecule has 0 aliphatic heterocycles.